The second-order valence-corrected chi connectivity index (χ2v) is 9.35. The molecule has 2 amide bonds. The fourth-order valence-corrected chi connectivity index (χ4v) is 4.43. The van der Waals surface area contributed by atoms with Crippen molar-refractivity contribution in [3.05, 3.63) is 42.2 Å². The molecule has 11 nitrogen and oxygen atoms in total. The summed E-state index contributed by atoms with van der Waals surface area (Å²) in [6.45, 7) is 0.347. The van der Waals surface area contributed by atoms with E-state index in [1.165, 1.54) is 23.0 Å². The average Bonchev–Trinajstić information content (AvgIpc) is 3.57. The smallest absolute Gasteiger partial charge is 0.276 e. The van der Waals surface area contributed by atoms with Crippen LogP contribution < -0.4 is 27.0 Å². The summed E-state index contributed by atoms with van der Waals surface area (Å²) in [5.41, 5.74) is 7.00. The van der Waals surface area contributed by atoms with Crippen LogP contribution >= 0.6 is 0 Å². The first kappa shape index (κ1) is 23.9. The zero-order valence-electron chi connectivity index (χ0n) is 19.8. The van der Waals surface area contributed by atoms with Gasteiger partial charge in [-0.2, -0.15) is 0 Å². The lowest BCUT2D eigenvalue weighted by Gasteiger charge is -2.30. The number of imidazole rings is 1. The fourth-order valence-electron chi connectivity index (χ4n) is 4.43. The quantitative estimate of drug-likeness (QED) is 0.303. The molecule has 3 aromatic heterocycles. The molecule has 0 saturated heterocycles. The lowest BCUT2D eigenvalue weighted by molar-refractivity contribution is -0.121. The van der Waals surface area contributed by atoms with Gasteiger partial charge in [0.2, 0.25) is 5.91 Å². The zero-order valence-corrected chi connectivity index (χ0v) is 19.8. The van der Waals surface area contributed by atoms with Crippen LogP contribution in [0.25, 0.3) is 5.65 Å². The number of pyridine rings is 1. The number of anilines is 3. The predicted octanol–water partition coefficient (Wildman–Crippen LogP) is 2.28. The lowest BCUT2D eigenvalue weighted by atomic mass is 9.91. The first-order valence-corrected chi connectivity index (χ1v) is 12.3. The minimum absolute atomic E-state index is 0.00520. The Morgan fingerprint density at radius 2 is 1.75 bits per heavy atom. The maximum absolute atomic E-state index is 14.0. The first-order chi connectivity index (χ1) is 17.5. The van der Waals surface area contributed by atoms with E-state index in [1.54, 1.807) is 0 Å². The average molecular weight is 496 g/mol. The Morgan fingerprint density at radius 1 is 1.03 bits per heavy atom. The summed E-state index contributed by atoms with van der Waals surface area (Å²) >= 11 is 0. The normalized spacial score (nSPS) is 19.6. The van der Waals surface area contributed by atoms with Gasteiger partial charge in [-0.3, -0.25) is 14.6 Å². The van der Waals surface area contributed by atoms with Crippen molar-refractivity contribution in [1.29, 1.82) is 0 Å². The number of nitrogens with two attached hydrogens (primary N) is 1. The number of nitrogens with zero attached hydrogens (tertiary/aromatic N) is 4. The van der Waals surface area contributed by atoms with Gasteiger partial charge >= 0.3 is 0 Å². The van der Waals surface area contributed by atoms with E-state index in [9.17, 15) is 14.0 Å². The Bertz CT molecular complexity index is 1250. The van der Waals surface area contributed by atoms with Gasteiger partial charge in [0.05, 0.1) is 23.8 Å². The number of carbonyl (C=O) groups is 2. The van der Waals surface area contributed by atoms with E-state index in [1.807, 2.05) is 6.07 Å². The van der Waals surface area contributed by atoms with Crippen LogP contribution in [-0.2, 0) is 4.79 Å². The summed E-state index contributed by atoms with van der Waals surface area (Å²) in [6, 6.07) is 4.02. The van der Waals surface area contributed by atoms with E-state index in [0.717, 1.165) is 50.4 Å². The molecule has 2 fully saturated rings. The van der Waals surface area contributed by atoms with Crippen molar-refractivity contribution in [2.75, 3.05) is 22.5 Å². The molecule has 36 heavy (non-hydrogen) atoms. The van der Waals surface area contributed by atoms with Crippen molar-refractivity contribution in [3.63, 3.8) is 0 Å². The Morgan fingerprint density at radius 3 is 2.47 bits per heavy atom. The number of rotatable bonds is 9. The fraction of sp³-hybridized carbons (Fsp3) is 0.458. The first-order valence-electron chi connectivity index (χ1n) is 12.3. The molecule has 190 valence electrons. The van der Waals surface area contributed by atoms with Crippen molar-refractivity contribution in [2.45, 2.75) is 63.1 Å². The third-order valence-electron chi connectivity index (χ3n) is 6.47. The molecular formula is C24H30FN9O2. The van der Waals surface area contributed by atoms with Gasteiger partial charge in [-0.15, -0.1) is 5.10 Å². The number of fused-ring (bicyclic) bond motifs is 1. The molecule has 0 aliphatic heterocycles. The monoisotopic (exact) mass is 495 g/mol. The third-order valence-corrected chi connectivity index (χ3v) is 6.47. The van der Waals surface area contributed by atoms with E-state index in [0.29, 0.717) is 30.5 Å². The van der Waals surface area contributed by atoms with Gasteiger partial charge < -0.3 is 27.0 Å². The highest BCUT2D eigenvalue weighted by molar-refractivity contribution is 6.03. The lowest BCUT2D eigenvalue weighted by Crippen LogP contribution is -2.40. The maximum Gasteiger partial charge on any atom is 0.276 e. The standard InChI is InChI=1S/C24H30FN9O2/c25-17-12-27-10-8-18(17)32-24(36)20-13-28-23-19(29-14-1-2-14)11-21(33-34(20)23)30-15-3-5-16(6-4-15)31-22(35)7-9-26/h8,10-16,29H,1-7,9,26H2,(H,30,33)(H,31,35)(H,27,32,36)/t15-,16-. The van der Waals surface area contributed by atoms with E-state index in [-0.39, 0.29) is 29.4 Å². The summed E-state index contributed by atoms with van der Waals surface area (Å²) in [7, 11) is 0. The SMILES string of the molecule is NCCC(=O)N[C@H]1CC[C@H](Nc2cc(NC3CC3)c3ncc(C(=O)Nc4ccncc4F)n3n2)CC1. The zero-order chi connectivity index (χ0) is 25.1. The number of carbonyl (C=O) groups excluding carboxylic acids is 2. The van der Waals surface area contributed by atoms with Crippen LogP contribution in [0.3, 0.4) is 0 Å². The van der Waals surface area contributed by atoms with Crippen molar-refractivity contribution < 1.29 is 14.0 Å². The summed E-state index contributed by atoms with van der Waals surface area (Å²) < 4.78 is 15.5. The van der Waals surface area contributed by atoms with Gasteiger partial charge in [0.15, 0.2) is 17.2 Å². The molecule has 0 aromatic carbocycles. The second-order valence-electron chi connectivity index (χ2n) is 9.35. The predicted molar refractivity (Wildman–Crippen MR) is 133 cm³/mol. The van der Waals surface area contributed by atoms with Gasteiger partial charge in [0.25, 0.3) is 5.91 Å². The largest absolute Gasteiger partial charge is 0.379 e. The molecule has 2 aliphatic rings. The van der Waals surface area contributed by atoms with E-state index in [4.69, 9.17) is 5.73 Å². The molecule has 2 aliphatic carbocycles. The number of hydrogen-bond donors (Lipinski definition) is 5. The number of aromatic nitrogens is 4. The number of hydrogen-bond acceptors (Lipinski definition) is 8. The van der Waals surface area contributed by atoms with Gasteiger partial charge in [0.1, 0.15) is 5.82 Å². The van der Waals surface area contributed by atoms with E-state index >= 15 is 0 Å². The molecular weight excluding hydrogens is 465 g/mol. The van der Waals surface area contributed by atoms with Crippen LogP contribution in [0.4, 0.5) is 21.6 Å². The van der Waals surface area contributed by atoms with Crippen molar-refractivity contribution in [3.8, 4) is 0 Å². The Hall–Kier alpha value is -3.80. The molecule has 0 spiro atoms. The summed E-state index contributed by atoms with van der Waals surface area (Å²) in [4.78, 5) is 32.9. The van der Waals surface area contributed by atoms with Crippen LogP contribution in [0.15, 0.2) is 30.7 Å². The number of halogens is 1. The highest BCUT2D eigenvalue weighted by atomic mass is 19.1. The Balaban J connectivity index is 1.33. The molecule has 0 atom stereocenters. The molecule has 6 N–H and O–H groups in total. The van der Waals surface area contributed by atoms with Crippen molar-refractivity contribution in [2.24, 2.45) is 5.73 Å². The molecule has 2 saturated carbocycles. The third kappa shape index (κ3) is 5.54. The second kappa shape index (κ2) is 10.4. The minimum Gasteiger partial charge on any atom is -0.379 e. The van der Waals surface area contributed by atoms with Crippen LogP contribution in [0.1, 0.15) is 55.4 Å². The molecule has 12 heteroatoms. The minimum atomic E-state index is -0.624. The van der Waals surface area contributed by atoms with Crippen LogP contribution in [-0.4, -0.2) is 56.1 Å². The van der Waals surface area contributed by atoms with Crippen LogP contribution in [0, 0.1) is 5.82 Å². The van der Waals surface area contributed by atoms with Gasteiger partial charge in [-0.1, -0.05) is 0 Å². The molecule has 0 radical (unpaired) electrons. The molecule has 0 unspecified atom stereocenters. The Labute approximate surface area is 207 Å². The Kier molecular flexibility index (Phi) is 6.94. The van der Waals surface area contributed by atoms with Crippen LogP contribution in [0.5, 0.6) is 0 Å². The highest BCUT2D eigenvalue weighted by Gasteiger charge is 2.26. The molecule has 5 rings (SSSR count). The van der Waals surface area contributed by atoms with Gasteiger partial charge in [0, 0.05) is 43.4 Å². The number of amides is 2. The summed E-state index contributed by atoms with van der Waals surface area (Å²) in [5, 5.41) is 17.2. The van der Waals surface area contributed by atoms with Crippen molar-refractivity contribution in [1.82, 2.24) is 24.9 Å². The molecule has 3 heterocycles. The topological polar surface area (TPSA) is 151 Å². The van der Waals surface area contributed by atoms with Gasteiger partial charge in [-0.25, -0.2) is 13.9 Å². The highest BCUT2D eigenvalue weighted by Crippen LogP contribution is 2.30. The number of nitrogens with one attached hydrogen (secondary N) is 4. The van der Waals surface area contributed by atoms with E-state index < -0.39 is 11.7 Å². The molecule has 3 aromatic rings. The summed E-state index contributed by atoms with van der Waals surface area (Å²) in [5.74, 6) is -0.540. The van der Waals surface area contributed by atoms with E-state index in [2.05, 4.69) is 36.3 Å². The molecule has 0 bridgehead atoms. The summed E-state index contributed by atoms with van der Waals surface area (Å²) in [6.07, 6.45) is 9.85. The van der Waals surface area contributed by atoms with Crippen LogP contribution in [0.2, 0.25) is 0 Å². The van der Waals surface area contributed by atoms with Gasteiger partial charge in [-0.05, 0) is 44.6 Å². The van der Waals surface area contributed by atoms with Crippen molar-refractivity contribution >= 4 is 34.7 Å². The maximum atomic E-state index is 14.0.